The van der Waals surface area contributed by atoms with E-state index in [1.165, 1.54) is 12.1 Å². The number of hydrogen-bond acceptors (Lipinski definition) is 3. The van der Waals surface area contributed by atoms with E-state index < -0.39 is 22.5 Å². The van der Waals surface area contributed by atoms with Crippen molar-refractivity contribution in [1.29, 1.82) is 0 Å². The quantitative estimate of drug-likeness (QED) is 0.481. The van der Waals surface area contributed by atoms with Crippen molar-refractivity contribution in [2.24, 2.45) is 0 Å². The van der Waals surface area contributed by atoms with Crippen molar-refractivity contribution in [1.82, 2.24) is 4.57 Å². The topological polar surface area (TPSA) is 82.7 Å². The number of aromatic hydroxyl groups is 1. The highest BCUT2D eigenvalue weighted by Crippen LogP contribution is 2.52. The first-order valence-electron chi connectivity index (χ1n) is 11.1. The number of phenols is 1. The molecule has 1 saturated carbocycles. The Morgan fingerprint density at radius 1 is 1.09 bits per heavy atom. The maximum Gasteiger partial charge on any atom is 0.341 e. The summed E-state index contributed by atoms with van der Waals surface area (Å²) in [6.45, 7) is 5.52. The zero-order chi connectivity index (χ0) is 24.2. The number of aliphatic hydroxyl groups excluding tert-OH is 1. The summed E-state index contributed by atoms with van der Waals surface area (Å²) in [5, 5.41) is 31.3. The molecule has 3 aromatic rings. The number of carbonyl (C=O) groups is 1. The second-order valence-electron chi connectivity index (χ2n) is 10.1. The van der Waals surface area contributed by atoms with Crippen LogP contribution >= 0.6 is 0 Å². The van der Waals surface area contributed by atoms with Gasteiger partial charge < -0.3 is 19.9 Å². The number of hydrogen-bond donors (Lipinski definition) is 3. The van der Waals surface area contributed by atoms with Gasteiger partial charge in [-0.3, -0.25) is 0 Å². The highest BCUT2D eigenvalue weighted by atomic mass is 19.1. The maximum atomic E-state index is 14.9. The number of aromatic nitrogens is 1. The Bertz CT molecular complexity index is 1210. The summed E-state index contributed by atoms with van der Waals surface area (Å²) >= 11 is 0. The van der Waals surface area contributed by atoms with Crippen molar-refractivity contribution in [2.75, 3.05) is 6.61 Å². The van der Waals surface area contributed by atoms with Gasteiger partial charge in [-0.15, -0.1) is 0 Å². The summed E-state index contributed by atoms with van der Waals surface area (Å²) < 4.78 is 30.5. The van der Waals surface area contributed by atoms with Gasteiger partial charge in [-0.2, -0.15) is 0 Å². The molecule has 1 aliphatic rings. The summed E-state index contributed by atoms with van der Waals surface area (Å²) in [5.41, 5.74) is -0.832. The van der Waals surface area contributed by atoms with Crippen LogP contribution in [0, 0.1) is 5.82 Å². The van der Waals surface area contributed by atoms with Crippen molar-refractivity contribution < 1.29 is 28.9 Å². The Balaban J connectivity index is 2.05. The minimum atomic E-state index is -2.27. The van der Waals surface area contributed by atoms with Crippen molar-refractivity contribution in [3.05, 3.63) is 59.5 Å². The zero-order valence-electron chi connectivity index (χ0n) is 19.0. The van der Waals surface area contributed by atoms with Gasteiger partial charge in [0.2, 0.25) is 5.67 Å². The minimum absolute atomic E-state index is 0.0508. The van der Waals surface area contributed by atoms with Crippen molar-refractivity contribution in [2.45, 2.75) is 63.0 Å². The molecular formula is C26H29F2NO4. The predicted molar refractivity (Wildman–Crippen MR) is 122 cm³/mol. The Morgan fingerprint density at radius 3 is 2.24 bits per heavy atom. The Morgan fingerprint density at radius 2 is 1.70 bits per heavy atom. The molecule has 0 atom stereocenters. The molecule has 1 aliphatic carbocycles. The zero-order valence-corrected chi connectivity index (χ0v) is 19.0. The number of carboxylic acid groups (broad SMARTS) is 1. The number of alkyl halides is 1. The lowest BCUT2D eigenvalue weighted by atomic mass is 9.64. The van der Waals surface area contributed by atoms with Gasteiger partial charge in [0, 0.05) is 22.2 Å². The first kappa shape index (κ1) is 23.2. The molecule has 0 radical (unpaired) electrons. The van der Waals surface area contributed by atoms with E-state index in [4.69, 9.17) is 0 Å². The van der Waals surface area contributed by atoms with E-state index in [1.54, 1.807) is 24.3 Å². The molecule has 1 heterocycles. The fourth-order valence-electron chi connectivity index (χ4n) is 5.15. The number of halogens is 2. The predicted octanol–water partition coefficient (Wildman–Crippen LogP) is 5.37. The van der Waals surface area contributed by atoms with E-state index in [9.17, 15) is 28.9 Å². The average molecular weight is 458 g/mol. The standard InChI is InChI=1S/C26H29F2NO4/c1-24(2,15-30)22-21(25(3)11-13-26(28,14-12-25)23(32)33)20-18(5-4-6-19(20)31)29(22)17-9-7-16(27)8-10-17/h4-10,30-31H,11-15H2,1-3H3,(H,32,33). The molecule has 2 aromatic carbocycles. The third kappa shape index (κ3) is 3.68. The molecule has 3 N–H and O–H groups in total. The molecule has 0 amide bonds. The Hall–Kier alpha value is -2.93. The fraction of sp³-hybridized carbons (Fsp3) is 0.423. The average Bonchev–Trinajstić information content (AvgIpc) is 3.15. The van der Waals surface area contributed by atoms with Crippen LogP contribution in [0.1, 0.15) is 57.7 Å². The van der Waals surface area contributed by atoms with Gasteiger partial charge in [-0.1, -0.05) is 26.8 Å². The van der Waals surface area contributed by atoms with E-state index in [1.807, 2.05) is 31.4 Å². The molecule has 1 fully saturated rings. The van der Waals surface area contributed by atoms with Gasteiger partial charge in [0.05, 0.1) is 12.1 Å². The summed E-state index contributed by atoms with van der Waals surface area (Å²) in [4.78, 5) is 11.5. The number of rotatable bonds is 5. The van der Waals surface area contributed by atoms with Crippen LogP contribution in [0.15, 0.2) is 42.5 Å². The van der Waals surface area contributed by atoms with E-state index >= 15 is 0 Å². The lowest BCUT2D eigenvalue weighted by molar-refractivity contribution is -0.154. The maximum absolute atomic E-state index is 14.9. The summed E-state index contributed by atoms with van der Waals surface area (Å²) in [6, 6.07) is 11.1. The van der Waals surface area contributed by atoms with E-state index in [2.05, 4.69) is 0 Å². The largest absolute Gasteiger partial charge is 0.507 e. The van der Waals surface area contributed by atoms with E-state index in [0.717, 1.165) is 11.3 Å². The normalized spacial score (nSPS) is 23.7. The van der Waals surface area contributed by atoms with Crippen LogP contribution in [0.3, 0.4) is 0 Å². The summed E-state index contributed by atoms with van der Waals surface area (Å²) in [7, 11) is 0. The number of carboxylic acids is 1. The molecule has 0 unspecified atom stereocenters. The van der Waals surface area contributed by atoms with Crippen molar-refractivity contribution >= 4 is 16.9 Å². The molecule has 0 aliphatic heterocycles. The molecule has 176 valence electrons. The number of nitrogens with zero attached hydrogens (tertiary/aromatic N) is 1. The van der Waals surface area contributed by atoms with Crippen LogP contribution in [-0.2, 0) is 15.6 Å². The number of benzene rings is 2. The highest BCUT2D eigenvalue weighted by molar-refractivity contribution is 5.94. The van der Waals surface area contributed by atoms with Gasteiger partial charge in [0.1, 0.15) is 11.6 Å². The monoisotopic (exact) mass is 457 g/mol. The molecule has 0 spiro atoms. The lowest BCUT2D eigenvalue weighted by Gasteiger charge is -2.41. The van der Waals surface area contributed by atoms with Crippen LogP contribution in [0.2, 0.25) is 0 Å². The highest BCUT2D eigenvalue weighted by Gasteiger charge is 2.49. The molecule has 5 nitrogen and oxygen atoms in total. The Kier molecular flexibility index (Phi) is 5.52. The molecule has 4 rings (SSSR count). The smallest absolute Gasteiger partial charge is 0.341 e. The molecular weight excluding hydrogens is 428 g/mol. The van der Waals surface area contributed by atoms with E-state index in [0.29, 0.717) is 16.6 Å². The van der Waals surface area contributed by atoms with Crippen LogP contribution < -0.4 is 0 Å². The van der Waals surface area contributed by atoms with Crippen LogP contribution in [0.25, 0.3) is 16.6 Å². The fourth-order valence-corrected chi connectivity index (χ4v) is 5.15. The number of phenolic OH excluding ortho intramolecular Hbond substituents is 1. The van der Waals surface area contributed by atoms with E-state index in [-0.39, 0.29) is 43.9 Å². The first-order valence-corrected chi connectivity index (χ1v) is 11.1. The molecule has 0 saturated heterocycles. The summed E-state index contributed by atoms with van der Waals surface area (Å²) in [5.74, 6) is -1.78. The van der Waals surface area contributed by atoms with Crippen molar-refractivity contribution in [3.8, 4) is 11.4 Å². The number of aliphatic carboxylic acids is 1. The number of fused-ring (bicyclic) bond motifs is 1. The SMILES string of the molecule is CC(C)(CO)c1c(C2(C)CCC(F)(C(=O)O)CC2)c2c(O)cccc2n1-c1ccc(F)cc1. The second kappa shape index (κ2) is 7.83. The van der Waals surface area contributed by atoms with Gasteiger partial charge in [-0.05, 0) is 73.1 Å². The van der Waals surface area contributed by atoms with Gasteiger partial charge in [-0.25, -0.2) is 13.6 Å². The van der Waals surface area contributed by atoms with Crippen LogP contribution in [-0.4, -0.2) is 38.1 Å². The third-order valence-electron chi connectivity index (χ3n) is 7.23. The lowest BCUT2D eigenvalue weighted by Crippen LogP contribution is -2.43. The minimum Gasteiger partial charge on any atom is -0.507 e. The van der Waals surface area contributed by atoms with Crippen LogP contribution in [0.4, 0.5) is 8.78 Å². The van der Waals surface area contributed by atoms with Crippen molar-refractivity contribution in [3.63, 3.8) is 0 Å². The van der Waals surface area contributed by atoms with Gasteiger partial charge in [0.15, 0.2) is 0 Å². The Labute approximate surface area is 191 Å². The number of aliphatic hydroxyl groups is 1. The van der Waals surface area contributed by atoms with Gasteiger partial charge in [0.25, 0.3) is 0 Å². The third-order valence-corrected chi connectivity index (χ3v) is 7.23. The van der Waals surface area contributed by atoms with Gasteiger partial charge >= 0.3 is 5.97 Å². The molecule has 0 bridgehead atoms. The molecule has 1 aromatic heterocycles. The second-order valence-corrected chi connectivity index (χ2v) is 10.1. The van der Waals surface area contributed by atoms with Crippen LogP contribution in [0.5, 0.6) is 5.75 Å². The first-order chi connectivity index (χ1) is 15.4. The molecule has 7 heteroatoms. The summed E-state index contributed by atoms with van der Waals surface area (Å²) in [6.07, 6.45) is 0.242. The molecule has 33 heavy (non-hydrogen) atoms.